The standard InChI is InChI=1S/C19H25N5O2/c25-17-9-3-5-10-23(17)14-18(26)22-11-6-7-15(13-22)19-21-20-16-8-2-1-4-12-24(16)19/h3,5,9-10,15H,1-2,4,6-8,11-14H2. The first kappa shape index (κ1) is 17.0. The van der Waals surface area contributed by atoms with E-state index in [2.05, 4.69) is 14.8 Å². The van der Waals surface area contributed by atoms with Gasteiger partial charge in [0.2, 0.25) is 5.91 Å². The van der Waals surface area contributed by atoms with Crippen molar-refractivity contribution in [3.05, 3.63) is 46.4 Å². The molecule has 1 atom stereocenters. The van der Waals surface area contributed by atoms with E-state index in [1.165, 1.54) is 29.9 Å². The van der Waals surface area contributed by atoms with Gasteiger partial charge in [-0.05, 0) is 31.7 Å². The maximum Gasteiger partial charge on any atom is 0.250 e. The van der Waals surface area contributed by atoms with Crippen molar-refractivity contribution >= 4 is 5.91 Å². The summed E-state index contributed by atoms with van der Waals surface area (Å²) in [7, 11) is 0. The Labute approximate surface area is 152 Å². The van der Waals surface area contributed by atoms with Crippen LogP contribution in [0, 0.1) is 0 Å². The molecule has 7 heteroatoms. The van der Waals surface area contributed by atoms with Crippen molar-refractivity contribution in [3.63, 3.8) is 0 Å². The van der Waals surface area contributed by atoms with E-state index in [1.54, 1.807) is 18.3 Å². The summed E-state index contributed by atoms with van der Waals surface area (Å²) in [5.74, 6) is 2.37. The monoisotopic (exact) mass is 355 g/mol. The Morgan fingerprint density at radius 1 is 1.12 bits per heavy atom. The summed E-state index contributed by atoms with van der Waals surface area (Å²) >= 11 is 0. The molecule has 0 radical (unpaired) electrons. The topological polar surface area (TPSA) is 73.0 Å². The number of pyridine rings is 1. The largest absolute Gasteiger partial charge is 0.340 e. The van der Waals surface area contributed by atoms with E-state index in [1.807, 2.05) is 4.90 Å². The van der Waals surface area contributed by atoms with Gasteiger partial charge in [0, 0.05) is 44.2 Å². The molecule has 0 N–H and O–H groups in total. The molecule has 0 spiro atoms. The number of aromatic nitrogens is 4. The third-order valence-corrected chi connectivity index (χ3v) is 5.48. The molecule has 0 saturated carbocycles. The van der Waals surface area contributed by atoms with Gasteiger partial charge in [0.15, 0.2) is 0 Å². The van der Waals surface area contributed by atoms with Gasteiger partial charge in [0.25, 0.3) is 5.56 Å². The van der Waals surface area contributed by atoms with Crippen LogP contribution in [0.2, 0.25) is 0 Å². The van der Waals surface area contributed by atoms with Crippen LogP contribution in [0.3, 0.4) is 0 Å². The minimum atomic E-state index is -0.141. The number of likely N-dealkylation sites (tertiary alicyclic amines) is 1. The molecule has 1 saturated heterocycles. The minimum absolute atomic E-state index is 0.00129. The van der Waals surface area contributed by atoms with E-state index in [4.69, 9.17) is 0 Å². The Kier molecular flexibility index (Phi) is 4.86. The van der Waals surface area contributed by atoms with Crippen molar-refractivity contribution in [1.82, 2.24) is 24.2 Å². The van der Waals surface area contributed by atoms with Crippen LogP contribution in [0.4, 0.5) is 0 Å². The Morgan fingerprint density at radius 2 is 2.04 bits per heavy atom. The van der Waals surface area contributed by atoms with Gasteiger partial charge in [-0.2, -0.15) is 0 Å². The zero-order valence-corrected chi connectivity index (χ0v) is 15.0. The summed E-state index contributed by atoms with van der Waals surface area (Å²) in [5, 5.41) is 8.88. The predicted octanol–water partition coefficient (Wildman–Crippen LogP) is 1.57. The molecule has 4 rings (SSSR count). The Balaban J connectivity index is 1.48. The first-order valence-electron chi connectivity index (χ1n) is 9.57. The number of carbonyl (C=O) groups is 1. The third kappa shape index (κ3) is 3.43. The highest BCUT2D eigenvalue weighted by molar-refractivity contribution is 5.76. The quantitative estimate of drug-likeness (QED) is 0.838. The van der Waals surface area contributed by atoms with Crippen LogP contribution in [0.25, 0.3) is 0 Å². The second-order valence-corrected chi connectivity index (χ2v) is 7.28. The SMILES string of the molecule is O=C(Cn1ccccc1=O)N1CCCC(c2nnc3n2CCCCC3)C1. The molecular formula is C19H25N5O2. The molecule has 2 aliphatic rings. The third-order valence-electron chi connectivity index (χ3n) is 5.48. The molecule has 2 aliphatic heterocycles. The predicted molar refractivity (Wildman–Crippen MR) is 96.8 cm³/mol. The summed E-state index contributed by atoms with van der Waals surface area (Å²) in [6.45, 7) is 2.50. The number of hydrogen-bond donors (Lipinski definition) is 0. The Bertz CT molecular complexity index is 840. The molecule has 0 aromatic carbocycles. The van der Waals surface area contributed by atoms with Crippen LogP contribution in [0.5, 0.6) is 0 Å². The highest BCUT2D eigenvalue weighted by Gasteiger charge is 2.29. The lowest BCUT2D eigenvalue weighted by Crippen LogP contribution is -2.42. The summed E-state index contributed by atoms with van der Waals surface area (Å²) in [6.07, 6.45) is 8.25. The van der Waals surface area contributed by atoms with Crippen molar-refractivity contribution in [2.24, 2.45) is 0 Å². The van der Waals surface area contributed by atoms with Gasteiger partial charge in [-0.25, -0.2) is 0 Å². The molecule has 0 bridgehead atoms. The van der Waals surface area contributed by atoms with Crippen molar-refractivity contribution < 1.29 is 4.79 Å². The molecule has 26 heavy (non-hydrogen) atoms. The molecule has 2 aromatic heterocycles. The van der Waals surface area contributed by atoms with Crippen molar-refractivity contribution in [1.29, 1.82) is 0 Å². The molecule has 4 heterocycles. The Morgan fingerprint density at radius 3 is 2.92 bits per heavy atom. The zero-order valence-electron chi connectivity index (χ0n) is 15.0. The average Bonchev–Trinajstić information content (AvgIpc) is 2.92. The molecule has 1 unspecified atom stereocenters. The van der Waals surface area contributed by atoms with Crippen LogP contribution >= 0.6 is 0 Å². The molecule has 0 aliphatic carbocycles. The summed E-state index contributed by atoms with van der Waals surface area (Å²) in [5.41, 5.74) is -0.141. The smallest absolute Gasteiger partial charge is 0.250 e. The van der Waals surface area contributed by atoms with Gasteiger partial charge in [0.05, 0.1) is 0 Å². The average molecular weight is 355 g/mol. The molecule has 7 nitrogen and oxygen atoms in total. The van der Waals surface area contributed by atoms with Gasteiger partial charge >= 0.3 is 0 Å². The zero-order chi connectivity index (χ0) is 17.9. The van der Waals surface area contributed by atoms with Crippen LogP contribution in [-0.4, -0.2) is 43.2 Å². The van der Waals surface area contributed by atoms with E-state index in [0.29, 0.717) is 6.54 Å². The molecular weight excluding hydrogens is 330 g/mol. The highest BCUT2D eigenvalue weighted by Crippen LogP contribution is 2.28. The molecule has 138 valence electrons. The number of amides is 1. The van der Waals surface area contributed by atoms with E-state index in [-0.39, 0.29) is 23.9 Å². The number of nitrogens with zero attached hydrogens (tertiary/aromatic N) is 5. The van der Waals surface area contributed by atoms with Crippen LogP contribution in [0.1, 0.15) is 49.7 Å². The van der Waals surface area contributed by atoms with Gasteiger partial charge in [-0.3, -0.25) is 9.59 Å². The lowest BCUT2D eigenvalue weighted by molar-refractivity contribution is -0.133. The van der Waals surface area contributed by atoms with E-state index < -0.39 is 0 Å². The second kappa shape index (κ2) is 7.43. The van der Waals surface area contributed by atoms with Crippen molar-refractivity contribution in [3.8, 4) is 0 Å². The minimum Gasteiger partial charge on any atom is -0.340 e. The van der Waals surface area contributed by atoms with Crippen molar-refractivity contribution in [2.45, 2.75) is 57.5 Å². The summed E-state index contributed by atoms with van der Waals surface area (Å²) in [4.78, 5) is 26.4. The maximum absolute atomic E-state index is 12.7. The van der Waals surface area contributed by atoms with Crippen LogP contribution < -0.4 is 5.56 Å². The number of hydrogen-bond acceptors (Lipinski definition) is 4. The normalized spacial score (nSPS) is 20.5. The molecule has 1 amide bonds. The van der Waals surface area contributed by atoms with Crippen LogP contribution in [0.15, 0.2) is 29.2 Å². The van der Waals surface area contributed by atoms with Crippen LogP contribution in [-0.2, 0) is 24.3 Å². The fourth-order valence-electron chi connectivity index (χ4n) is 4.06. The maximum atomic E-state index is 12.7. The lowest BCUT2D eigenvalue weighted by Gasteiger charge is -2.32. The summed E-state index contributed by atoms with van der Waals surface area (Å²) in [6, 6.07) is 4.95. The highest BCUT2D eigenvalue weighted by atomic mass is 16.2. The van der Waals surface area contributed by atoms with E-state index in [0.717, 1.165) is 44.0 Å². The number of aryl methyl sites for hydroxylation is 1. The Hall–Kier alpha value is -2.44. The van der Waals surface area contributed by atoms with E-state index >= 15 is 0 Å². The fraction of sp³-hybridized carbons (Fsp3) is 0.579. The van der Waals surface area contributed by atoms with Gasteiger partial charge in [-0.15, -0.1) is 10.2 Å². The van der Waals surface area contributed by atoms with Gasteiger partial charge in [-0.1, -0.05) is 12.5 Å². The number of piperidine rings is 1. The number of fused-ring (bicyclic) bond motifs is 1. The second-order valence-electron chi connectivity index (χ2n) is 7.28. The summed E-state index contributed by atoms with van der Waals surface area (Å²) < 4.78 is 3.75. The van der Waals surface area contributed by atoms with Crippen molar-refractivity contribution in [2.75, 3.05) is 13.1 Å². The number of rotatable bonds is 3. The number of carbonyl (C=O) groups excluding carboxylic acids is 1. The first-order valence-corrected chi connectivity index (χ1v) is 9.57. The fourth-order valence-corrected chi connectivity index (χ4v) is 4.06. The van der Waals surface area contributed by atoms with E-state index in [9.17, 15) is 9.59 Å². The molecule has 1 fully saturated rings. The van der Waals surface area contributed by atoms with Gasteiger partial charge in [0.1, 0.15) is 18.2 Å². The lowest BCUT2D eigenvalue weighted by atomic mass is 9.97. The van der Waals surface area contributed by atoms with Gasteiger partial charge < -0.3 is 14.0 Å². The molecule has 2 aromatic rings. The first-order chi connectivity index (χ1) is 12.7.